The number of fused-ring (bicyclic) bond motifs is 1. The van der Waals surface area contributed by atoms with E-state index in [-0.39, 0.29) is 31.0 Å². The molecule has 0 saturated carbocycles. The molecule has 2 aromatic carbocycles. The Balaban J connectivity index is 1.25. The molecular weight excluding hydrogens is 393 g/mol. The third kappa shape index (κ3) is 4.27. The number of ether oxygens (including phenoxy) is 3. The lowest BCUT2D eigenvalue weighted by Crippen LogP contribution is -2.40. The largest absolute Gasteiger partial charge is 0.457 e. The second-order valence-corrected chi connectivity index (χ2v) is 7.17. The van der Waals surface area contributed by atoms with Gasteiger partial charge in [-0.25, -0.2) is 4.39 Å². The molecule has 4 rings (SSSR count). The Morgan fingerprint density at radius 1 is 0.967 bits per heavy atom. The van der Waals surface area contributed by atoms with Crippen LogP contribution in [0.5, 0.6) is 11.5 Å². The van der Waals surface area contributed by atoms with Crippen LogP contribution in [0, 0.1) is 11.7 Å². The topological polar surface area (TPSA) is 82.1 Å². The van der Waals surface area contributed by atoms with Gasteiger partial charge < -0.3 is 19.1 Å². The van der Waals surface area contributed by atoms with Crippen molar-refractivity contribution in [2.24, 2.45) is 5.92 Å². The number of ketones is 1. The van der Waals surface area contributed by atoms with Crippen molar-refractivity contribution >= 4 is 17.7 Å². The van der Waals surface area contributed by atoms with E-state index in [0.29, 0.717) is 48.6 Å². The molecule has 0 aliphatic carbocycles. The van der Waals surface area contributed by atoms with Gasteiger partial charge >= 0.3 is 5.97 Å². The molecule has 7 nitrogen and oxygen atoms in total. The molecule has 0 bridgehead atoms. The van der Waals surface area contributed by atoms with Crippen LogP contribution in [0.4, 0.5) is 4.39 Å². The highest BCUT2D eigenvalue weighted by Crippen LogP contribution is 2.32. The van der Waals surface area contributed by atoms with Gasteiger partial charge in [0.2, 0.25) is 6.79 Å². The molecule has 0 N–H and O–H groups in total. The second kappa shape index (κ2) is 8.52. The summed E-state index contributed by atoms with van der Waals surface area (Å²) in [6, 6.07) is 10.2. The fourth-order valence-electron chi connectivity index (χ4n) is 3.50. The summed E-state index contributed by atoms with van der Waals surface area (Å²) < 4.78 is 28.7. The van der Waals surface area contributed by atoms with Gasteiger partial charge in [0.25, 0.3) is 5.91 Å². The number of carbonyl (C=O) groups is 3. The van der Waals surface area contributed by atoms with Crippen LogP contribution in [0.25, 0.3) is 0 Å². The monoisotopic (exact) mass is 413 g/mol. The molecule has 2 aromatic rings. The zero-order valence-corrected chi connectivity index (χ0v) is 16.1. The molecule has 1 saturated heterocycles. The maximum Gasteiger partial charge on any atom is 0.309 e. The Morgan fingerprint density at radius 3 is 2.37 bits per heavy atom. The number of amides is 1. The molecule has 0 aromatic heterocycles. The number of likely N-dealkylation sites (tertiary alicyclic amines) is 1. The van der Waals surface area contributed by atoms with Gasteiger partial charge in [0.05, 0.1) is 5.92 Å². The van der Waals surface area contributed by atoms with Crippen LogP contribution in [0.3, 0.4) is 0 Å². The average molecular weight is 413 g/mol. The molecule has 0 atom stereocenters. The number of nitrogens with zero attached hydrogens (tertiary/aromatic N) is 1. The summed E-state index contributed by atoms with van der Waals surface area (Å²) in [4.78, 5) is 38.7. The van der Waals surface area contributed by atoms with E-state index in [2.05, 4.69) is 0 Å². The van der Waals surface area contributed by atoms with Crippen molar-refractivity contribution in [2.75, 3.05) is 26.5 Å². The molecule has 0 radical (unpaired) electrons. The number of halogens is 1. The number of carbonyl (C=O) groups excluding carboxylic acids is 3. The minimum atomic E-state index is -0.446. The molecule has 0 spiro atoms. The molecule has 0 unspecified atom stereocenters. The second-order valence-electron chi connectivity index (χ2n) is 7.17. The molecule has 156 valence electrons. The lowest BCUT2D eigenvalue weighted by atomic mass is 9.96. The van der Waals surface area contributed by atoms with Gasteiger partial charge in [-0.3, -0.25) is 14.4 Å². The third-order valence-electron chi connectivity index (χ3n) is 5.25. The SMILES string of the molecule is O=C(COC(=O)C1CCN(C(=O)c2ccc(F)cc2)CC1)c1ccc2c(c1)OCO2. The van der Waals surface area contributed by atoms with Crippen LogP contribution in [0.15, 0.2) is 42.5 Å². The summed E-state index contributed by atoms with van der Waals surface area (Å²) in [6.45, 7) is 0.551. The van der Waals surface area contributed by atoms with Crippen molar-refractivity contribution in [1.29, 1.82) is 0 Å². The number of hydrogen-bond acceptors (Lipinski definition) is 6. The first-order chi connectivity index (χ1) is 14.5. The van der Waals surface area contributed by atoms with Crippen molar-refractivity contribution < 1.29 is 33.0 Å². The summed E-state index contributed by atoms with van der Waals surface area (Å²) in [7, 11) is 0. The predicted octanol–water partition coefficient (Wildman–Crippen LogP) is 2.83. The van der Waals surface area contributed by atoms with Crippen molar-refractivity contribution in [1.82, 2.24) is 4.90 Å². The molecule has 1 amide bonds. The van der Waals surface area contributed by atoms with E-state index in [4.69, 9.17) is 14.2 Å². The maximum absolute atomic E-state index is 13.0. The Kier molecular flexibility index (Phi) is 5.65. The lowest BCUT2D eigenvalue weighted by Gasteiger charge is -2.31. The fourth-order valence-corrected chi connectivity index (χ4v) is 3.50. The molecule has 2 heterocycles. The first-order valence-corrected chi connectivity index (χ1v) is 9.65. The molecular formula is C22H20FNO6. The summed E-state index contributed by atoms with van der Waals surface area (Å²) in [5.41, 5.74) is 0.790. The Labute approximate surface area is 172 Å². The molecule has 1 fully saturated rings. The summed E-state index contributed by atoms with van der Waals surface area (Å²) in [5, 5.41) is 0. The minimum absolute atomic E-state index is 0.115. The quantitative estimate of drug-likeness (QED) is 0.554. The summed E-state index contributed by atoms with van der Waals surface area (Å²) >= 11 is 0. The van der Waals surface area contributed by atoms with Crippen LogP contribution >= 0.6 is 0 Å². The number of esters is 1. The highest BCUT2D eigenvalue weighted by atomic mass is 19.1. The van der Waals surface area contributed by atoms with E-state index in [1.54, 1.807) is 23.1 Å². The van der Waals surface area contributed by atoms with Crippen molar-refractivity contribution in [2.45, 2.75) is 12.8 Å². The minimum Gasteiger partial charge on any atom is -0.457 e. The zero-order valence-electron chi connectivity index (χ0n) is 16.1. The third-order valence-corrected chi connectivity index (χ3v) is 5.25. The molecule has 30 heavy (non-hydrogen) atoms. The van der Waals surface area contributed by atoms with Gasteiger partial charge in [-0.15, -0.1) is 0 Å². The Bertz CT molecular complexity index is 966. The number of rotatable bonds is 5. The van der Waals surface area contributed by atoms with E-state index >= 15 is 0 Å². The van der Waals surface area contributed by atoms with Crippen molar-refractivity contribution in [3.05, 3.63) is 59.4 Å². The number of piperidine rings is 1. The summed E-state index contributed by atoms with van der Waals surface area (Å²) in [5.74, 6) is -0.672. The van der Waals surface area contributed by atoms with Gasteiger partial charge in [0.1, 0.15) is 5.82 Å². The van der Waals surface area contributed by atoms with Crippen LogP contribution in [-0.2, 0) is 9.53 Å². The predicted molar refractivity (Wildman–Crippen MR) is 103 cm³/mol. The number of Topliss-reactive ketones (excluding diaryl/α,β-unsaturated/α-hetero) is 1. The van der Waals surface area contributed by atoms with Crippen LogP contribution in [0.2, 0.25) is 0 Å². The summed E-state index contributed by atoms with van der Waals surface area (Å²) in [6.07, 6.45) is 0.897. The molecule has 2 aliphatic rings. The van der Waals surface area contributed by atoms with Gasteiger partial charge in [-0.2, -0.15) is 0 Å². The van der Waals surface area contributed by atoms with Crippen molar-refractivity contribution in [3.63, 3.8) is 0 Å². The maximum atomic E-state index is 13.0. The zero-order chi connectivity index (χ0) is 21.1. The molecule has 2 aliphatic heterocycles. The van der Waals surface area contributed by atoms with E-state index in [9.17, 15) is 18.8 Å². The van der Waals surface area contributed by atoms with E-state index in [1.165, 1.54) is 24.3 Å². The Morgan fingerprint density at radius 2 is 1.63 bits per heavy atom. The van der Waals surface area contributed by atoms with Crippen LogP contribution < -0.4 is 9.47 Å². The highest BCUT2D eigenvalue weighted by molar-refractivity contribution is 5.98. The van der Waals surface area contributed by atoms with Crippen molar-refractivity contribution in [3.8, 4) is 11.5 Å². The van der Waals surface area contributed by atoms with Gasteiger partial charge in [0.15, 0.2) is 23.9 Å². The smallest absolute Gasteiger partial charge is 0.309 e. The van der Waals surface area contributed by atoms with E-state index in [0.717, 1.165) is 0 Å². The average Bonchev–Trinajstić information content (AvgIpc) is 3.25. The number of benzene rings is 2. The van der Waals surface area contributed by atoms with Crippen LogP contribution in [0.1, 0.15) is 33.6 Å². The van der Waals surface area contributed by atoms with Gasteiger partial charge in [0, 0.05) is 24.2 Å². The first kappa shape index (κ1) is 19.9. The van der Waals surface area contributed by atoms with Crippen LogP contribution in [-0.4, -0.2) is 49.0 Å². The highest BCUT2D eigenvalue weighted by Gasteiger charge is 2.29. The lowest BCUT2D eigenvalue weighted by molar-refractivity contribution is -0.148. The van der Waals surface area contributed by atoms with E-state index in [1.807, 2.05) is 0 Å². The van der Waals surface area contributed by atoms with Gasteiger partial charge in [-0.1, -0.05) is 0 Å². The standard InChI is InChI=1S/C22H20FNO6/c23-17-4-1-14(2-5-17)21(26)24-9-7-15(8-10-24)22(27)28-12-18(25)16-3-6-19-20(11-16)30-13-29-19/h1-6,11,15H,7-10,12-13H2. The van der Waals surface area contributed by atoms with Gasteiger partial charge in [-0.05, 0) is 55.3 Å². The fraction of sp³-hybridized carbons (Fsp3) is 0.318. The first-order valence-electron chi connectivity index (χ1n) is 9.65. The number of hydrogen-bond donors (Lipinski definition) is 0. The Hall–Kier alpha value is -3.42. The van der Waals surface area contributed by atoms with E-state index < -0.39 is 11.8 Å². The molecule has 8 heteroatoms. The normalized spacial score (nSPS) is 15.7.